The van der Waals surface area contributed by atoms with E-state index < -0.39 is 6.04 Å². The maximum Gasteiger partial charge on any atom is 0.243 e. The summed E-state index contributed by atoms with van der Waals surface area (Å²) >= 11 is 0. The molecule has 0 aromatic carbocycles. The maximum absolute atomic E-state index is 11.3. The molecule has 0 aliphatic heterocycles. The molecule has 0 bridgehead atoms. The molecule has 4 N–H and O–H groups in total. The Morgan fingerprint density at radius 1 is 1.56 bits per heavy atom. The summed E-state index contributed by atoms with van der Waals surface area (Å²) in [7, 11) is 0. The molecule has 0 spiro atoms. The molecule has 6 nitrogen and oxygen atoms in total. The van der Waals surface area contributed by atoms with Gasteiger partial charge in [0.2, 0.25) is 11.8 Å². The minimum Gasteiger partial charge on any atom is -0.346 e. The van der Waals surface area contributed by atoms with Crippen LogP contribution in [0.15, 0.2) is 24.5 Å². The van der Waals surface area contributed by atoms with E-state index in [2.05, 4.69) is 15.6 Å². The lowest BCUT2D eigenvalue weighted by Gasteiger charge is -2.08. The fourth-order valence-corrected chi connectivity index (χ4v) is 0.970. The minimum atomic E-state index is -0.619. The summed E-state index contributed by atoms with van der Waals surface area (Å²) in [6.07, 6.45) is 3.12. The first-order valence-corrected chi connectivity index (χ1v) is 4.83. The van der Waals surface area contributed by atoms with Gasteiger partial charge in [-0.3, -0.25) is 14.6 Å². The quantitative estimate of drug-likeness (QED) is 0.638. The number of hydrogen-bond donors (Lipinski definition) is 3. The van der Waals surface area contributed by atoms with Gasteiger partial charge in [-0.25, -0.2) is 0 Å². The van der Waals surface area contributed by atoms with Gasteiger partial charge in [-0.1, -0.05) is 0 Å². The number of nitrogens with two attached hydrogens (primary N) is 1. The highest BCUT2D eigenvalue weighted by molar-refractivity contribution is 5.94. The summed E-state index contributed by atoms with van der Waals surface area (Å²) in [5, 5.41) is 4.98. The lowest BCUT2D eigenvalue weighted by molar-refractivity contribution is -0.124. The Labute approximate surface area is 93.2 Å². The van der Waals surface area contributed by atoms with Crippen molar-refractivity contribution in [1.29, 1.82) is 0 Å². The van der Waals surface area contributed by atoms with Gasteiger partial charge in [-0.05, 0) is 19.1 Å². The van der Waals surface area contributed by atoms with Crippen LogP contribution in [0.4, 0.5) is 5.69 Å². The summed E-state index contributed by atoms with van der Waals surface area (Å²) in [5.41, 5.74) is 5.91. The Balaban J connectivity index is 2.35. The summed E-state index contributed by atoms with van der Waals surface area (Å²) in [6.45, 7) is 1.45. The highest BCUT2D eigenvalue weighted by Gasteiger charge is 2.08. The molecule has 1 aromatic rings. The second-order valence-corrected chi connectivity index (χ2v) is 3.30. The first-order chi connectivity index (χ1) is 7.59. The molecule has 16 heavy (non-hydrogen) atoms. The van der Waals surface area contributed by atoms with E-state index in [9.17, 15) is 9.59 Å². The van der Waals surface area contributed by atoms with Crippen molar-refractivity contribution in [2.75, 3.05) is 11.9 Å². The van der Waals surface area contributed by atoms with Crippen molar-refractivity contribution in [3.63, 3.8) is 0 Å². The second-order valence-electron chi connectivity index (χ2n) is 3.30. The smallest absolute Gasteiger partial charge is 0.243 e. The van der Waals surface area contributed by atoms with Crippen LogP contribution in [-0.4, -0.2) is 29.4 Å². The summed E-state index contributed by atoms with van der Waals surface area (Å²) in [6, 6.07) is 2.79. The fourth-order valence-electron chi connectivity index (χ4n) is 0.970. The number of nitrogens with zero attached hydrogens (tertiary/aromatic N) is 1. The van der Waals surface area contributed by atoms with Gasteiger partial charge in [-0.15, -0.1) is 0 Å². The lowest BCUT2D eigenvalue weighted by atomic mass is 10.3. The third-order valence-corrected chi connectivity index (χ3v) is 1.78. The van der Waals surface area contributed by atoms with Crippen molar-refractivity contribution in [3.05, 3.63) is 24.5 Å². The normalized spacial score (nSPS) is 11.6. The maximum atomic E-state index is 11.3. The van der Waals surface area contributed by atoms with Gasteiger partial charge < -0.3 is 16.4 Å². The van der Waals surface area contributed by atoms with Crippen LogP contribution in [0.5, 0.6) is 0 Å². The molecule has 0 unspecified atom stereocenters. The molecule has 1 rings (SSSR count). The molecule has 0 radical (unpaired) electrons. The van der Waals surface area contributed by atoms with E-state index in [-0.39, 0.29) is 18.4 Å². The van der Waals surface area contributed by atoms with E-state index in [1.807, 2.05) is 0 Å². The number of pyridine rings is 1. The van der Waals surface area contributed by atoms with Crippen molar-refractivity contribution in [2.45, 2.75) is 13.0 Å². The lowest BCUT2D eigenvalue weighted by Crippen LogP contribution is -2.41. The molecule has 86 valence electrons. The molecule has 1 aromatic heterocycles. The first-order valence-electron chi connectivity index (χ1n) is 4.83. The molecule has 1 atom stereocenters. The van der Waals surface area contributed by atoms with E-state index >= 15 is 0 Å². The van der Waals surface area contributed by atoms with Gasteiger partial charge >= 0.3 is 0 Å². The molecular weight excluding hydrogens is 208 g/mol. The highest BCUT2D eigenvalue weighted by atomic mass is 16.2. The summed E-state index contributed by atoms with van der Waals surface area (Å²) < 4.78 is 0. The number of rotatable bonds is 4. The molecule has 0 fully saturated rings. The summed E-state index contributed by atoms with van der Waals surface area (Å²) in [5.74, 6) is -0.677. The van der Waals surface area contributed by atoms with E-state index in [1.165, 1.54) is 6.20 Å². The molecule has 2 amide bonds. The third-order valence-electron chi connectivity index (χ3n) is 1.78. The van der Waals surface area contributed by atoms with Gasteiger partial charge in [0.05, 0.1) is 24.5 Å². The van der Waals surface area contributed by atoms with Crippen molar-refractivity contribution in [2.24, 2.45) is 5.73 Å². The predicted octanol–water partition coefficient (Wildman–Crippen LogP) is -0.516. The van der Waals surface area contributed by atoms with Gasteiger partial charge in [-0.2, -0.15) is 0 Å². The largest absolute Gasteiger partial charge is 0.346 e. The zero-order valence-electron chi connectivity index (χ0n) is 8.93. The van der Waals surface area contributed by atoms with Crippen LogP contribution >= 0.6 is 0 Å². The Morgan fingerprint density at radius 3 is 2.88 bits per heavy atom. The SMILES string of the molecule is C[C@@H](N)C(=O)NCC(=O)Nc1cccnc1. The Kier molecular flexibility index (Phi) is 4.41. The number of amides is 2. The van der Waals surface area contributed by atoms with Crippen LogP contribution < -0.4 is 16.4 Å². The Morgan fingerprint density at radius 2 is 2.31 bits per heavy atom. The fraction of sp³-hybridized carbons (Fsp3) is 0.300. The standard InChI is InChI=1S/C10H14N4O2/c1-7(11)10(16)13-6-9(15)14-8-3-2-4-12-5-8/h2-5,7H,6,11H2,1H3,(H,13,16)(H,14,15)/t7-/m1/s1. The van der Waals surface area contributed by atoms with Gasteiger partial charge in [0.1, 0.15) is 0 Å². The van der Waals surface area contributed by atoms with Gasteiger partial charge in [0.15, 0.2) is 0 Å². The second kappa shape index (κ2) is 5.82. The van der Waals surface area contributed by atoms with E-state index in [4.69, 9.17) is 5.73 Å². The van der Waals surface area contributed by atoms with Crippen LogP contribution in [0.2, 0.25) is 0 Å². The monoisotopic (exact) mass is 222 g/mol. The number of anilines is 1. The number of nitrogens with one attached hydrogen (secondary N) is 2. The first kappa shape index (κ1) is 12.1. The third kappa shape index (κ3) is 4.05. The molecular formula is C10H14N4O2. The molecule has 6 heteroatoms. The molecule has 0 saturated heterocycles. The molecule has 0 aliphatic carbocycles. The topological polar surface area (TPSA) is 97.1 Å². The molecule has 0 aliphatic rings. The van der Waals surface area contributed by atoms with Crippen LogP contribution in [0.3, 0.4) is 0 Å². The predicted molar refractivity (Wildman–Crippen MR) is 59.5 cm³/mol. The Hall–Kier alpha value is -1.95. The van der Waals surface area contributed by atoms with Crippen molar-refractivity contribution < 1.29 is 9.59 Å². The minimum absolute atomic E-state index is 0.102. The Bertz CT molecular complexity index is 364. The van der Waals surface area contributed by atoms with Crippen LogP contribution in [0, 0.1) is 0 Å². The zero-order chi connectivity index (χ0) is 12.0. The van der Waals surface area contributed by atoms with Crippen molar-refractivity contribution >= 4 is 17.5 Å². The van der Waals surface area contributed by atoms with Crippen LogP contribution in [0.1, 0.15) is 6.92 Å². The van der Waals surface area contributed by atoms with Crippen molar-refractivity contribution in [3.8, 4) is 0 Å². The van der Waals surface area contributed by atoms with Crippen LogP contribution in [-0.2, 0) is 9.59 Å². The van der Waals surface area contributed by atoms with E-state index in [1.54, 1.807) is 25.3 Å². The molecule has 0 saturated carbocycles. The average molecular weight is 222 g/mol. The van der Waals surface area contributed by atoms with E-state index in [0.717, 1.165) is 0 Å². The highest BCUT2D eigenvalue weighted by Crippen LogP contribution is 2.01. The van der Waals surface area contributed by atoms with Gasteiger partial charge in [0.25, 0.3) is 0 Å². The zero-order valence-corrected chi connectivity index (χ0v) is 8.93. The number of hydrogen-bond acceptors (Lipinski definition) is 4. The number of carbonyl (C=O) groups is 2. The van der Waals surface area contributed by atoms with Crippen molar-refractivity contribution in [1.82, 2.24) is 10.3 Å². The van der Waals surface area contributed by atoms with E-state index in [0.29, 0.717) is 5.69 Å². The summed E-state index contributed by atoms with van der Waals surface area (Å²) in [4.78, 5) is 26.3. The average Bonchev–Trinajstić information content (AvgIpc) is 2.27. The number of carbonyl (C=O) groups excluding carboxylic acids is 2. The number of aromatic nitrogens is 1. The molecule has 1 heterocycles. The van der Waals surface area contributed by atoms with Crippen LogP contribution in [0.25, 0.3) is 0 Å². The van der Waals surface area contributed by atoms with Gasteiger partial charge in [0, 0.05) is 6.20 Å².